The van der Waals surface area contributed by atoms with E-state index < -0.39 is 0 Å². The second-order valence-corrected chi connectivity index (χ2v) is 6.50. The Balaban J connectivity index is 1.64. The van der Waals surface area contributed by atoms with E-state index in [0.717, 1.165) is 19.4 Å². The minimum Gasteiger partial charge on any atom is -0.471 e. The van der Waals surface area contributed by atoms with Crippen LogP contribution in [0.5, 0.6) is 5.88 Å². The fourth-order valence-corrected chi connectivity index (χ4v) is 3.33. The molecule has 110 valence electrons. The van der Waals surface area contributed by atoms with Crippen LogP contribution in [-0.4, -0.2) is 40.0 Å². The standard InChI is InChI=1S/C14H14ClN3O2S/c15-12-4-3-11(21-12)14(19)18-7-1-2-10(9-18)20-13-8-16-5-6-17-13/h3-6,8,10H,1-2,7,9H2/t10-/m1/s1. The van der Waals surface area contributed by atoms with Gasteiger partial charge < -0.3 is 9.64 Å². The summed E-state index contributed by atoms with van der Waals surface area (Å²) >= 11 is 7.19. The van der Waals surface area contributed by atoms with E-state index in [0.29, 0.717) is 21.6 Å². The molecule has 7 heteroatoms. The molecule has 1 aliphatic rings. The Morgan fingerprint density at radius 1 is 1.43 bits per heavy atom. The first-order chi connectivity index (χ1) is 10.2. The van der Waals surface area contributed by atoms with Gasteiger partial charge in [-0.15, -0.1) is 11.3 Å². The van der Waals surface area contributed by atoms with Crippen LogP contribution in [0, 0.1) is 0 Å². The summed E-state index contributed by atoms with van der Waals surface area (Å²) in [6.45, 7) is 1.31. The molecule has 0 spiro atoms. The van der Waals surface area contributed by atoms with Crippen LogP contribution in [0.3, 0.4) is 0 Å². The molecule has 1 aliphatic heterocycles. The second-order valence-electron chi connectivity index (χ2n) is 4.78. The molecule has 0 radical (unpaired) electrons. The summed E-state index contributed by atoms with van der Waals surface area (Å²) in [4.78, 5) is 23.0. The van der Waals surface area contributed by atoms with Gasteiger partial charge in [0.2, 0.25) is 5.88 Å². The summed E-state index contributed by atoms with van der Waals surface area (Å²) < 4.78 is 6.41. The minimum atomic E-state index is -0.0464. The number of halogens is 1. The maximum absolute atomic E-state index is 12.4. The Bertz CT molecular complexity index is 620. The van der Waals surface area contributed by atoms with Crippen LogP contribution in [0.25, 0.3) is 0 Å². The van der Waals surface area contributed by atoms with Gasteiger partial charge in [-0.2, -0.15) is 0 Å². The molecule has 21 heavy (non-hydrogen) atoms. The SMILES string of the molecule is O=C(c1ccc(Cl)s1)N1CCC[C@@H](Oc2cnccn2)C1. The smallest absolute Gasteiger partial charge is 0.264 e. The van der Waals surface area contributed by atoms with Gasteiger partial charge in [0.05, 0.1) is 22.0 Å². The van der Waals surface area contributed by atoms with Crippen LogP contribution in [-0.2, 0) is 0 Å². The van der Waals surface area contributed by atoms with E-state index in [1.54, 1.807) is 30.7 Å². The quantitative estimate of drug-likeness (QED) is 0.871. The number of thiophene rings is 1. The topological polar surface area (TPSA) is 55.3 Å². The lowest BCUT2D eigenvalue weighted by atomic mass is 10.1. The maximum atomic E-state index is 12.4. The first kappa shape index (κ1) is 14.3. The molecule has 0 aliphatic carbocycles. The molecule has 5 nitrogen and oxygen atoms in total. The summed E-state index contributed by atoms with van der Waals surface area (Å²) in [5.74, 6) is 0.510. The van der Waals surface area contributed by atoms with Gasteiger partial charge in [-0.25, -0.2) is 4.98 Å². The summed E-state index contributed by atoms with van der Waals surface area (Å²) in [7, 11) is 0. The second kappa shape index (κ2) is 6.41. The zero-order valence-electron chi connectivity index (χ0n) is 11.2. The normalized spacial score (nSPS) is 18.5. The van der Waals surface area contributed by atoms with Crippen molar-refractivity contribution in [3.05, 3.63) is 39.9 Å². The maximum Gasteiger partial charge on any atom is 0.264 e. The van der Waals surface area contributed by atoms with Crippen LogP contribution < -0.4 is 4.74 Å². The van der Waals surface area contributed by atoms with Gasteiger partial charge in [0, 0.05) is 18.9 Å². The predicted octanol–water partition coefficient (Wildman–Crippen LogP) is 2.88. The van der Waals surface area contributed by atoms with Crippen molar-refractivity contribution in [3.63, 3.8) is 0 Å². The first-order valence-corrected chi connectivity index (χ1v) is 7.89. The number of amides is 1. The van der Waals surface area contributed by atoms with Crippen molar-refractivity contribution in [2.24, 2.45) is 0 Å². The highest BCUT2D eigenvalue weighted by Crippen LogP contribution is 2.24. The number of ether oxygens (including phenoxy) is 1. The minimum absolute atomic E-state index is 0.0133. The average molecular weight is 324 g/mol. The van der Waals surface area contributed by atoms with Gasteiger partial charge in [0.1, 0.15) is 6.10 Å². The third-order valence-corrected chi connectivity index (χ3v) is 4.50. The molecule has 0 saturated carbocycles. The van der Waals surface area contributed by atoms with E-state index in [4.69, 9.17) is 16.3 Å². The van der Waals surface area contributed by atoms with Crippen molar-refractivity contribution in [1.82, 2.24) is 14.9 Å². The van der Waals surface area contributed by atoms with E-state index in [1.807, 2.05) is 4.90 Å². The summed E-state index contributed by atoms with van der Waals surface area (Å²) in [5, 5.41) is 0. The van der Waals surface area contributed by atoms with Crippen molar-refractivity contribution in [2.45, 2.75) is 18.9 Å². The highest BCUT2D eigenvalue weighted by atomic mass is 35.5. The molecule has 1 fully saturated rings. The molecule has 1 atom stereocenters. The zero-order chi connectivity index (χ0) is 14.7. The van der Waals surface area contributed by atoms with Gasteiger partial charge in [-0.3, -0.25) is 9.78 Å². The van der Waals surface area contributed by atoms with E-state index in [9.17, 15) is 4.79 Å². The Kier molecular flexibility index (Phi) is 4.36. The fraction of sp³-hybridized carbons (Fsp3) is 0.357. The molecule has 3 heterocycles. The molecule has 2 aromatic rings. The van der Waals surface area contributed by atoms with Crippen LogP contribution >= 0.6 is 22.9 Å². The fourth-order valence-electron chi connectivity index (χ4n) is 2.32. The van der Waals surface area contributed by atoms with Crippen LogP contribution in [0.15, 0.2) is 30.7 Å². The summed E-state index contributed by atoms with van der Waals surface area (Å²) in [5.41, 5.74) is 0. The van der Waals surface area contributed by atoms with Crippen molar-refractivity contribution in [2.75, 3.05) is 13.1 Å². The Morgan fingerprint density at radius 3 is 3.05 bits per heavy atom. The number of likely N-dealkylation sites (tertiary alicyclic amines) is 1. The molecule has 0 N–H and O–H groups in total. The number of aromatic nitrogens is 2. The highest BCUT2D eigenvalue weighted by molar-refractivity contribution is 7.17. The molecule has 0 bridgehead atoms. The van der Waals surface area contributed by atoms with Gasteiger partial charge in [0.15, 0.2) is 0 Å². The van der Waals surface area contributed by atoms with E-state index in [-0.39, 0.29) is 12.0 Å². The Labute approximate surface area is 131 Å². The molecule has 1 saturated heterocycles. The molecule has 3 rings (SSSR count). The molecule has 2 aromatic heterocycles. The van der Waals surface area contributed by atoms with Crippen LogP contribution in [0.4, 0.5) is 0 Å². The Morgan fingerprint density at radius 2 is 2.33 bits per heavy atom. The van der Waals surface area contributed by atoms with E-state index in [2.05, 4.69) is 9.97 Å². The van der Waals surface area contributed by atoms with Gasteiger partial charge >= 0.3 is 0 Å². The van der Waals surface area contributed by atoms with Crippen LogP contribution in [0.1, 0.15) is 22.5 Å². The summed E-state index contributed by atoms with van der Waals surface area (Å²) in [6.07, 6.45) is 6.55. The molecular formula is C14H14ClN3O2S. The Hall–Kier alpha value is -1.66. The lowest BCUT2D eigenvalue weighted by molar-refractivity contribution is 0.0531. The predicted molar refractivity (Wildman–Crippen MR) is 80.9 cm³/mol. The van der Waals surface area contributed by atoms with E-state index >= 15 is 0 Å². The number of rotatable bonds is 3. The van der Waals surface area contributed by atoms with Crippen molar-refractivity contribution in [1.29, 1.82) is 0 Å². The van der Waals surface area contributed by atoms with Gasteiger partial charge in [-0.05, 0) is 25.0 Å². The molecule has 1 amide bonds. The third-order valence-electron chi connectivity index (χ3n) is 3.28. The highest BCUT2D eigenvalue weighted by Gasteiger charge is 2.26. The monoisotopic (exact) mass is 323 g/mol. The lowest BCUT2D eigenvalue weighted by Crippen LogP contribution is -2.44. The lowest BCUT2D eigenvalue weighted by Gasteiger charge is -2.32. The number of carbonyl (C=O) groups excluding carboxylic acids is 1. The first-order valence-electron chi connectivity index (χ1n) is 6.69. The van der Waals surface area contributed by atoms with Crippen molar-refractivity contribution < 1.29 is 9.53 Å². The number of nitrogens with zero attached hydrogens (tertiary/aromatic N) is 3. The molecule has 0 aromatic carbocycles. The van der Waals surface area contributed by atoms with E-state index in [1.165, 1.54) is 11.3 Å². The summed E-state index contributed by atoms with van der Waals surface area (Å²) in [6, 6.07) is 3.51. The van der Waals surface area contributed by atoms with Crippen LogP contribution in [0.2, 0.25) is 4.34 Å². The number of hydrogen-bond acceptors (Lipinski definition) is 5. The molecule has 0 unspecified atom stereocenters. The number of hydrogen-bond donors (Lipinski definition) is 0. The van der Waals surface area contributed by atoms with Crippen molar-refractivity contribution >= 4 is 28.8 Å². The average Bonchev–Trinajstić information content (AvgIpc) is 2.94. The zero-order valence-corrected chi connectivity index (χ0v) is 12.8. The van der Waals surface area contributed by atoms with Gasteiger partial charge in [-0.1, -0.05) is 11.6 Å². The number of piperidine rings is 1. The van der Waals surface area contributed by atoms with Crippen molar-refractivity contribution in [3.8, 4) is 5.88 Å². The number of carbonyl (C=O) groups is 1. The largest absolute Gasteiger partial charge is 0.471 e. The molecular weight excluding hydrogens is 310 g/mol. The van der Waals surface area contributed by atoms with Gasteiger partial charge in [0.25, 0.3) is 5.91 Å². The third kappa shape index (κ3) is 3.51.